The molecule has 2 heterocycles. The van der Waals surface area contributed by atoms with Gasteiger partial charge >= 0.3 is 6.03 Å². The van der Waals surface area contributed by atoms with Crippen LogP contribution in [0.15, 0.2) is 6.07 Å². The van der Waals surface area contributed by atoms with Crippen molar-refractivity contribution in [1.29, 1.82) is 0 Å². The summed E-state index contributed by atoms with van der Waals surface area (Å²) in [4.78, 5) is 52.3. The second-order valence-electron chi connectivity index (χ2n) is 10.2. The van der Waals surface area contributed by atoms with E-state index < -0.39 is 24.0 Å². The number of nitrogens with zero attached hydrogens (tertiary/aromatic N) is 1. The lowest BCUT2D eigenvalue weighted by atomic mass is 9.72. The first-order chi connectivity index (χ1) is 14.5. The second kappa shape index (κ2) is 7.62. The first-order valence-corrected chi connectivity index (χ1v) is 11.7. The Morgan fingerprint density at radius 3 is 2.58 bits per heavy atom. The Hall–Kier alpha value is -2.42. The largest absolute Gasteiger partial charge is 0.325 e. The minimum atomic E-state index is -0.929. The molecular weight excluding hydrogens is 416 g/mol. The van der Waals surface area contributed by atoms with Gasteiger partial charge in [-0.1, -0.05) is 20.8 Å². The summed E-state index contributed by atoms with van der Waals surface area (Å²) in [5.74, 6) is -0.693. The van der Waals surface area contributed by atoms with Crippen LogP contribution in [0.1, 0.15) is 67.1 Å². The summed E-state index contributed by atoms with van der Waals surface area (Å²) in [6.45, 7) is 8.01. The van der Waals surface area contributed by atoms with Crippen molar-refractivity contribution >= 4 is 35.1 Å². The molecule has 168 valence electrons. The van der Waals surface area contributed by atoms with Crippen molar-refractivity contribution in [3.05, 3.63) is 21.4 Å². The quantitative estimate of drug-likeness (QED) is 0.487. The van der Waals surface area contributed by atoms with Crippen LogP contribution in [0, 0.1) is 17.3 Å². The van der Waals surface area contributed by atoms with Crippen molar-refractivity contribution in [2.45, 2.75) is 65.3 Å². The smallest absolute Gasteiger partial charge is 0.323 e. The van der Waals surface area contributed by atoms with Crippen molar-refractivity contribution in [1.82, 2.24) is 21.1 Å². The molecule has 2 atom stereocenters. The number of amides is 5. The number of hydrogen-bond acceptors (Lipinski definition) is 5. The number of urea groups is 1. The molecule has 1 aromatic rings. The van der Waals surface area contributed by atoms with E-state index in [1.807, 2.05) is 6.07 Å². The van der Waals surface area contributed by atoms with Gasteiger partial charge in [-0.25, -0.2) is 4.79 Å². The first-order valence-electron chi connectivity index (χ1n) is 10.8. The Labute approximate surface area is 186 Å². The van der Waals surface area contributed by atoms with Gasteiger partial charge in [-0.15, -0.1) is 11.3 Å². The van der Waals surface area contributed by atoms with Gasteiger partial charge in [-0.3, -0.25) is 30.1 Å². The normalized spacial score (nSPS) is 25.8. The highest BCUT2D eigenvalue weighted by atomic mass is 32.1. The third kappa shape index (κ3) is 4.20. The van der Waals surface area contributed by atoms with Crippen LogP contribution in [0.4, 0.5) is 4.79 Å². The monoisotopic (exact) mass is 446 g/mol. The summed E-state index contributed by atoms with van der Waals surface area (Å²) in [6.07, 6.45) is 4.81. The fraction of sp³-hybridized carbons (Fsp3) is 0.636. The van der Waals surface area contributed by atoms with Gasteiger partial charge < -0.3 is 5.32 Å². The van der Waals surface area contributed by atoms with Crippen LogP contribution >= 0.6 is 11.3 Å². The van der Waals surface area contributed by atoms with E-state index in [1.54, 1.807) is 6.92 Å². The Morgan fingerprint density at radius 2 is 1.94 bits per heavy atom. The Kier molecular flexibility index (Phi) is 5.36. The highest BCUT2D eigenvalue weighted by molar-refractivity contribution is 7.14. The minimum absolute atomic E-state index is 0.124. The molecule has 5 amide bonds. The summed E-state index contributed by atoms with van der Waals surface area (Å²) in [7, 11) is 0. The molecule has 2 fully saturated rings. The predicted molar refractivity (Wildman–Crippen MR) is 116 cm³/mol. The third-order valence-corrected chi connectivity index (χ3v) is 8.08. The molecule has 2 aliphatic carbocycles. The topological polar surface area (TPSA) is 108 Å². The average molecular weight is 447 g/mol. The van der Waals surface area contributed by atoms with E-state index in [0.29, 0.717) is 10.8 Å². The maximum atomic E-state index is 12.6. The number of rotatable bonds is 4. The molecule has 1 aromatic heterocycles. The van der Waals surface area contributed by atoms with Crippen molar-refractivity contribution in [2.24, 2.45) is 17.3 Å². The molecule has 8 nitrogen and oxygen atoms in total. The lowest BCUT2D eigenvalue weighted by Crippen LogP contribution is -2.49. The van der Waals surface area contributed by atoms with Crippen LogP contribution < -0.4 is 16.2 Å². The zero-order chi connectivity index (χ0) is 22.6. The number of carbonyl (C=O) groups is 4. The minimum Gasteiger partial charge on any atom is -0.323 e. The Bertz CT molecular complexity index is 946. The Morgan fingerprint density at radius 1 is 1.23 bits per heavy atom. The highest BCUT2D eigenvalue weighted by Gasteiger charge is 2.56. The molecule has 0 aromatic carbocycles. The number of hydrazine groups is 1. The molecule has 4 rings (SSSR count). The van der Waals surface area contributed by atoms with Crippen LogP contribution in [0.2, 0.25) is 0 Å². The van der Waals surface area contributed by atoms with Gasteiger partial charge in [-0.05, 0) is 67.9 Å². The van der Waals surface area contributed by atoms with Crippen molar-refractivity contribution in [3.8, 4) is 0 Å². The number of nitrogens with one attached hydrogen (secondary N) is 3. The number of imide groups is 1. The summed E-state index contributed by atoms with van der Waals surface area (Å²) in [6, 6.07) is 1.35. The summed E-state index contributed by atoms with van der Waals surface area (Å²) in [5, 5.41) is 2.70. The number of thiophene rings is 1. The van der Waals surface area contributed by atoms with Gasteiger partial charge in [0.05, 0.1) is 4.88 Å². The maximum absolute atomic E-state index is 12.6. The molecule has 31 heavy (non-hydrogen) atoms. The summed E-state index contributed by atoms with van der Waals surface area (Å²) in [5.41, 5.74) is 5.25. The fourth-order valence-corrected chi connectivity index (χ4v) is 5.65. The van der Waals surface area contributed by atoms with Crippen molar-refractivity contribution < 1.29 is 19.2 Å². The maximum Gasteiger partial charge on any atom is 0.325 e. The van der Waals surface area contributed by atoms with E-state index >= 15 is 0 Å². The van der Waals surface area contributed by atoms with Gasteiger partial charge in [0, 0.05) is 4.88 Å². The van der Waals surface area contributed by atoms with Gasteiger partial charge in [0.15, 0.2) is 0 Å². The predicted octanol–water partition coefficient (Wildman–Crippen LogP) is 2.38. The standard InChI is InChI=1S/C22H30N4O4S/c1-21(2,3)14-7-8-15-12(9-14)10-16(31-15)18(28)25-24-17(27)11-26-19(29)22(4,13-5-6-13)23-20(26)30/h10,13-14H,5-9,11H2,1-4H3,(H,23,30)(H,24,27)(H,25,28)/t14-,22+/m1/s1. The van der Waals surface area contributed by atoms with Crippen LogP contribution in [0.3, 0.4) is 0 Å². The van der Waals surface area contributed by atoms with Crippen LogP contribution in [-0.2, 0) is 22.4 Å². The third-order valence-electron chi connectivity index (χ3n) is 6.84. The van der Waals surface area contributed by atoms with Gasteiger partial charge in [-0.2, -0.15) is 0 Å². The van der Waals surface area contributed by atoms with Gasteiger partial charge in [0.1, 0.15) is 12.1 Å². The number of aryl methyl sites for hydroxylation is 1. The fourth-order valence-electron chi connectivity index (χ4n) is 4.54. The zero-order valence-electron chi connectivity index (χ0n) is 18.5. The lowest BCUT2D eigenvalue weighted by molar-refractivity contribution is -0.135. The van der Waals surface area contributed by atoms with E-state index in [0.717, 1.165) is 37.0 Å². The number of fused-ring (bicyclic) bond motifs is 1. The zero-order valence-corrected chi connectivity index (χ0v) is 19.3. The number of carbonyl (C=O) groups excluding carboxylic acids is 4. The molecule has 0 unspecified atom stereocenters. The first kappa shape index (κ1) is 21.8. The Balaban J connectivity index is 1.31. The van der Waals surface area contributed by atoms with Crippen LogP contribution in [-0.4, -0.2) is 40.7 Å². The molecule has 1 aliphatic heterocycles. The summed E-state index contributed by atoms with van der Waals surface area (Å²) >= 11 is 1.46. The van der Waals surface area contributed by atoms with Crippen LogP contribution in [0.5, 0.6) is 0 Å². The lowest BCUT2D eigenvalue weighted by Gasteiger charge is -2.33. The molecule has 0 bridgehead atoms. The molecule has 9 heteroatoms. The molecule has 0 spiro atoms. The molecule has 1 saturated heterocycles. The SMILES string of the molecule is CC(C)(C)[C@@H]1CCc2sc(C(=O)NNC(=O)CN3C(=O)N[C@@](C)(C4CC4)C3=O)cc2C1. The van der Waals surface area contributed by atoms with Gasteiger partial charge in [0.25, 0.3) is 17.7 Å². The molecule has 3 aliphatic rings. The average Bonchev–Trinajstić information content (AvgIpc) is 3.43. The van der Waals surface area contributed by atoms with Gasteiger partial charge in [0.2, 0.25) is 0 Å². The molecule has 0 radical (unpaired) electrons. The highest BCUT2D eigenvalue weighted by Crippen LogP contribution is 2.42. The van der Waals surface area contributed by atoms with Crippen LogP contribution in [0.25, 0.3) is 0 Å². The van der Waals surface area contributed by atoms with Crippen molar-refractivity contribution in [2.75, 3.05) is 6.54 Å². The van der Waals surface area contributed by atoms with E-state index in [9.17, 15) is 19.2 Å². The van der Waals surface area contributed by atoms with E-state index in [-0.39, 0.29) is 23.1 Å². The van der Waals surface area contributed by atoms with Crippen molar-refractivity contribution in [3.63, 3.8) is 0 Å². The second-order valence-corrected chi connectivity index (χ2v) is 11.3. The molecular formula is C22H30N4O4S. The van der Waals surface area contributed by atoms with E-state index in [4.69, 9.17) is 0 Å². The van der Waals surface area contributed by atoms with E-state index in [1.165, 1.54) is 21.8 Å². The number of hydrogen-bond donors (Lipinski definition) is 3. The molecule has 1 saturated carbocycles. The molecule has 3 N–H and O–H groups in total. The van der Waals surface area contributed by atoms with E-state index in [2.05, 4.69) is 36.9 Å². The summed E-state index contributed by atoms with van der Waals surface area (Å²) < 4.78 is 0.